The monoisotopic (exact) mass is 354 g/mol. The first-order valence-electron chi connectivity index (χ1n) is 9.10. The smallest absolute Gasteiger partial charge is 0.222 e. The highest BCUT2D eigenvalue weighted by Gasteiger charge is 2.20. The number of anilines is 1. The van der Waals surface area contributed by atoms with Gasteiger partial charge in [-0.1, -0.05) is 12.1 Å². The third-order valence-corrected chi connectivity index (χ3v) is 4.77. The van der Waals surface area contributed by atoms with Gasteiger partial charge >= 0.3 is 0 Å². The molecular formula is C20H26N4O2. The van der Waals surface area contributed by atoms with E-state index < -0.39 is 0 Å². The predicted molar refractivity (Wildman–Crippen MR) is 101 cm³/mol. The number of aryl methyl sites for hydroxylation is 2. The number of amides is 1. The summed E-state index contributed by atoms with van der Waals surface area (Å²) in [5.41, 5.74) is 2.06. The zero-order chi connectivity index (χ0) is 18.4. The SMILES string of the molecule is COc1cccc(CCC(=O)N2CCCN(c3nccnc3C)CC2)c1. The maximum atomic E-state index is 12.6. The Hall–Kier alpha value is -2.63. The molecule has 26 heavy (non-hydrogen) atoms. The second-order valence-electron chi connectivity index (χ2n) is 6.54. The number of benzene rings is 1. The van der Waals surface area contributed by atoms with Gasteiger partial charge in [0.15, 0.2) is 0 Å². The second-order valence-corrected chi connectivity index (χ2v) is 6.54. The molecule has 0 unspecified atom stereocenters. The summed E-state index contributed by atoms with van der Waals surface area (Å²) in [6.07, 6.45) is 5.65. The van der Waals surface area contributed by atoms with Gasteiger partial charge in [-0.15, -0.1) is 0 Å². The van der Waals surface area contributed by atoms with Crippen molar-refractivity contribution in [3.8, 4) is 5.75 Å². The lowest BCUT2D eigenvalue weighted by molar-refractivity contribution is -0.130. The van der Waals surface area contributed by atoms with Crippen LogP contribution in [0.2, 0.25) is 0 Å². The number of methoxy groups -OCH3 is 1. The predicted octanol–water partition coefficient (Wildman–Crippen LogP) is 2.47. The van der Waals surface area contributed by atoms with Gasteiger partial charge in [0.1, 0.15) is 11.6 Å². The van der Waals surface area contributed by atoms with E-state index in [1.54, 1.807) is 19.5 Å². The summed E-state index contributed by atoms with van der Waals surface area (Å²) >= 11 is 0. The standard InChI is InChI=1S/C20H26N4O2/c1-16-20(22-10-9-21-16)24-12-4-11-23(13-14-24)19(25)8-7-17-5-3-6-18(15-17)26-2/h3,5-6,9-10,15H,4,7-8,11-14H2,1-2H3. The summed E-state index contributed by atoms with van der Waals surface area (Å²) in [5.74, 6) is 1.98. The molecule has 1 fully saturated rings. The van der Waals surface area contributed by atoms with E-state index >= 15 is 0 Å². The zero-order valence-corrected chi connectivity index (χ0v) is 15.5. The lowest BCUT2D eigenvalue weighted by atomic mass is 10.1. The van der Waals surface area contributed by atoms with Crippen LogP contribution in [-0.4, -0.2) is 54.1 Å². The largest absolute Gasteiger partial charge is 0.497 e. The minimum absolute atomic E-state index is 0.213. The fraction of sp³-hybridized carbons (Fsp3) is 0.450. The second kappa shape index (κ2) is 8.65. The van der Waals surface area contributed by atoms with Gasteiger partial charge in [-0.2, -0.15) is 0 Å². The van der Waals surface area contributed by atoms with Gasteiger partial charge in [0.05, 0.1) is 12.8 Å². The molecule has 1 amide bonds. The molecule has 0 radical (unpaired) electrons. The number of carbonyl (C=O) groups excluding carboxylic acids is 1. The number of ether oxygens (including phenoxy) is 1. The molecule has 1 aliphatic rings. The first-order valence-corrected chi connectivity index (χ1v) is 9.10. The molecule has 0 saturated carbocycles. The van der Waals surface area contributed by atoms with Crippen molar-refractivity contribution in [2.24, 2.45) is 0 Å². The van der Waals surface area contributed by atoms with Gasteiger partial charge in [0, 0.05) is 45.0 Å². The van der Waals surface area contributed by atoms with Crippen LogP contribution >= 0.6 is 0 Å². The Balaban J connectivity index is 1.55. The van der Waals surface area contributed by atoms with Gasteiger partial charge in [-0.25, -0.2) is 4.98 Å². The van der Waals surface area contributed by atoms with Crippen molar-refractivity contribution in [1.82, 2.24) is 14.9 Å². The Morgan fingerprint density at radius 1 is 1.15 bits per heavy atom. The molecule has 1 aliphatic heterocycles. The van der Waals surface area contributed by atoms with Crippen LogP contribution in [0.4, 0.5) is 5.82 Å². The molecule has 0 atom stereocenters. The molecule has 6 nitrogen and oxygen atoms in total. The van der Waals surface area contributed by atoms with Crippen molar-refractivity contribution >= 4 is 11.7 Å². The summed E-state index contributed by atoms with van der Waals surface area (Å²) < 4.78 is 5.25. The van der Waals surface area contributed by atoms with Gasteiger partial charge in [-0.05, 0) is 37.5 Å². The Morgan fingerprint density at radius 3 is 2.81 bits per heavy atom. The molecule has 1 aromatic carbocycles. The minimum atomic E-state index is 0.213. The van der Waals surface area contributed by atoms with E-state index in [4.69, 9.17) is 4.74 Å². The van der Waals surface area contributed by atoms with Gasteiger partial charge in [-0.3, -0.25) is 9.78 Å². The molecule has 0 bridgehead atoms. The van der Waals surface area contributed by atoms with E-state index in [9.17, 15) is 4.79 Å². The van der Waals surface area contributed by atoms with E-state index in [-0.39, 0.29) is 5.91 Å². The zero-order valence-electron chi connectivity index (χ0n) is 15.5. The first kappa shape index (κ1) is 18.2. The molecule has 0 N–H and O–H groups in total. The van der Waals surface area contributed by atoms with Crippen molar-refractivity contribution in [3.63, 3.8) is 0 Å². The van der Waals surface area contributed by atoms with E-state index in [0.29, 0.717) is 6.42 Å². The van der Waals surface area contributed by atoms with Gasteiger partial charge < -0.3 is 14.5 Å². The highest BCUT2D eigenvalue weighted by Crippen LogP contribution is 2.18. The highest BCUT2D eigenvalue weighted by atomic mass is 16.5. The van der Waals surface area contributed by atoms with Crippen molar-refractivity contribution in [1.29, 1.82) is 0 Å². The summed E-state index contributed by atoms with van der Waals surface area (Å²) in [6, 6.07) is 7.92. The molecule has 1 saturated heterocycles. The van der Waals surface area contributed by atoms with Gasteiger partial charge in [0.25, 0.3) is 0 Å². The Morgan fingerprint density at radius 2 is 2.00 bits per heavy atom. The third kappa shape index (κ3) is 4.50. The molecule has 3 rings (SSSR count). The van der Waals surface area contributed by atoms with Crippen molar-refractivity contribution in [2.45, 2.75) is 26.2 Å². The van der Waals surface area contributed by atoms with Crippen LogP contribution in [0.25, 0.3) is 0 Å². The summed E-state index contributed by atoms with van der Waals surface area (Å²) in [7, 11) is 1.66. The summed E-state index contributed by atoms with van der Waals surface area (Å²) in [6.45, 7) is 5.20. The lowest BCUT2D eigenvalue weighted by Crippen LogP contribution is -2.35. The first-order chi connectivity index (χ1) is 12.7. The molecule has 0 spiro atoms. The molecular weight excluding hydrogens is 328 g/mol. The van der Waals surface area contributed by atoms with Crippen molar-refractivity contribution in [2.75, 3.05) is 38.2 Å². The minimum Gasteiger partial charge on any atom is -0.497 e. The van der Waals surface area contributed by atoms with Crippen LogP contribution in [0.5, 0.6) is 5.75 Å². The summed E-state index contributed by atoms with van der Waals surface area (Å²) in [4.78, 5) is 25.6. The third-order valence-electron chi connectivity index (χ3n) is 4.77. The quantitative estimate of drug-likeness (QED) is 0.825. The molecule has 2 heterocycles. The van der Waals surface area contributed by atoms with Crippen LogP contribution < -0.4 is 9.64 Å². The van der Waals surface area contributed by atoms with Crippen molar-refractivity contribution in [3.05, 3.63) is 47.9 Å². The molecule has 2 aromatic rings. The fourth-order valence-electron chi connectivity index (χ4n) is 3.33. The number of nitrogens with zero attached hydrogens (tertiary/aromatic N) is 4. The van der Waals surface area contributed by atoms with E-state index in [0.717, 1.165) is 61.8 Å². The number of hydrogen-bond donors (Lipinski definition) is 0. The Labute approximate surface area is 154 Å². The number of aromatic nitrogens is 2. The van der Waals surface area contributed by atoms with Crippen LogP contribution in [0.1, 0.15) is 24.1 Å². The number of rotatable bonds is 5. The number of carbonyl (C=O) groups is 1. The molecule has 1 aromatic heterocycles. The Bertz CT molecular complexity index is 750. The van der Waals surface area contributed by atoms with Crippen molar-refractivity contribution < 1.29 is 9.53 Å². The Kier molecular flexibility index (Phi) is 6.04. The van der Waals surface area contributed by atoms with Crippen LogP contribution in [0.3, 0.4) is 0 Å². The van der Waals surface area contributed by atoms with Crippen LogP contribution in [0.15, 0.2) is 36.7 Å². The van der Waals surface area contributed by atoms with Crippen LogP contribution in [-0.2, 0) is 11.2 Å². The normalized spacial score (nSPS) is 14.8. The molecule has 138 valence electrons. The maximum Gasteiger partial charge on any atom is 0.222 e. The van der Waals surface area contributed by atoms with E-state index in [1.807, 2.05) is 36.1 Å². The van der Waals surface area contributed by atoms with E-state index in [2.05, 4.69) is 14.9 Å². The van der Waals surface area contributed by atoms with Gasteiger partial charge in [0.2, 0.25) is 5.91 Å². The molecule has 0 aliphatic carbocycles. The summed E-state index contributed by atoms with van der Waals surface area (Å²) in [5, 5.41) is 0. The fourth-order valence-corrected chi connectivity index (χ4v) is 3.33. The molecule has 6 heteroatoms. The topological polar surface area (TPSA) is 58.6 Å². The highest BCUT2D eigenvalue weighted by molar-refractivity contribution is 5.76. The average Bonchev–Trinajstić information content (AvgIpc) is 2.93. The average molecular weight is 354 g/mol. The number of hydrogen-bond acceptors (Lipinski definition) is 5. The van der Waals surface area contributed by atoms with E-state index in [1.165, 1.54) is 0 Å². The van der Waals surface area contributed by atoms with Crippen LogP contribution in [0, 0.1) is 6.92 Å². The lowest BCUT2D eigenvalue weighted by Gasteiger charge is -2.23. The maximum absolute atomic E-state index is 12.6.